The molecule has 8 heteroatoms. The highest BCUT2D eigenvalue weighted by Crippen LogP contribution is 2.53. The zero-order valence-corrected chi connectivity index (χ0v) is 16.5. The van der Waals surface area contributed by atoms with Gasteiger partial charge in [-0.25, -0.2) is 4.79 Å². The van der Waals surface area contributed by atoms with Gasteiger partial charge < -0.3 is 25.0 Å². The van der Waals surface area contributed by atoms with Crippen LogP contribution >= 0.6 is 11.3 Å². The Morgan fingerprint density at radius 1 is 1.33 bits per heavy atom. The number of amides is 2. The maximum atomic E-state index is 11.7. The molecule has 4 rings (SSSR count). The molecule has 3 fully saturated rings. The van der Waals surface area contributed by atoms with Crippen LogP contribution in [-0.4, -0.2) is 68.2 Å². The average molecular weight is 394 g/mol. The molecule has 3 aliphatic rings. The quantitative estimate of drug-likeness (QED) is 0.798. The minimum Gasteiger partial charge on any atom is -0.448 e. The molecule has 148 valence electrons. The molecule has 1 unspecified atom stereocenters. The molecule has 2 aliphatic heterocycles. The zero-order valence-electron chi connectivity index (χ0n) is 15.7. The Bertz CT molecular complexity index is 708. The largest absolute Gasteiger partial charge is 0.448 e. The third kappa shape index (κ3) is 3.23. The molecule has 2 saturated heterocycles. The molecule has 27 heavy (non-hydrogen) atoms. The fraction of sp³-hybridized carbons (Fsp3) is 0.684. The van der Waals surface area contributed by atoms with Gasteiger partial charge in [-0.15, -0.1) is 11.3 Å². The van der Waals surface area contributed by atoms with Gasteiger partial charge in [0.1, 0.15) is 12.2 Å². The van der Waals surface area contributed by atoms with E-state index in [1.165, 1.54) is 17.8 Å². The number of likely N-dealkylation sites (tertiary alicyclic amines) is 1. The number of nitrogens with zero attached hydrogens (tertiary/aromatic N) is 2. The van der Waals surface area contributed by atoms with Crippen molar-refractivity contribution >= 4 is 23.3 Å². The smallest absolute Gasteiger partial charge is 0.409 e. The molecule has 0 radical (unpaired) electrons. The van der Waals surface area contributed by atoms with E-state index in [1.54, 1.807) is 12.0 Å². The third-order valence-electron chi connectivity index (χ3n) is 6.38. The van der Waals surface area contributed by atoms with Crippen LogP contribution in [0.4, 0.5) is 4.79 Å². The number of primary amides is 1. The van der Waals surface area contributed by atoms with Crippen LogP contribution in [0.25, 0.3) is 0 Å². The van der Waals surface area contributed by atoms with E-state index in [4.69, 9.17) is 15.2 Å². The molecule has 1 aromatic heterocycles. The first-order chi connectivity index (χ1) is 13.0. The lowest BCUT2D eigenvalue weighted by molar-refractivity contribution is -0.166. The van der Waals surface area contributed by atoms with Crippen molar-refractivity contribution in [3.8, 4) is 0 Å². The Morgan fingerprint density at radius 2 is 2.07 bits per heavy atom. The molecule has 2 N–H and O–H groups in total. The normalized spacial score (nSPS) is 31.1. The standard InChI is InChI=1S/C19H27N3O4S/c1-25-19(16-6-5-15(27-16)17(20)23)13-3-2-4-14(19)12-21(11-13)7-8-22-9-10-26-18(22)24/h5-6,13-14H,2-4,7-12H2,1H3,(H2,20,23)/t13-,14+,19?. The van der Waals surface area contributed by atoms with Gasteiger partial charge in [0.2, 0.25) is 0 Å². The summed E-state index contributed by atoms with van der Waals surface area (Å²) in [7, 11) is 1.80. The van der Waals surface area contributed by atoms with Gasteiger partial charge in [0, 0.05) is 50.0 Å². The number of carbonyl (C=O) groups excluding carboxylic acids is 2. The average Bonchev–Trinajstić information content (AvgIpc) is 3.28. The lowest BCUT2D eigenvalue weighted by Crippen LogP contribution is -2.59. The summed E-state index contributed by atoms with van der Waals surface area (Å²) in [6, 6.07) is 3.85. The second-order valence-electron chi connectivity index (χ2n) is 7.71. The van der Waals surface area contributed by atoms with Gasteiger partial charge in [0.25, 0.3) is 5.91 Å². The number of thiophene rings is 1. The highest BCUT2D eigenvalue weighted by molar-refractivity contribution is 7.14. The lowest BCUT2D eigenvalue weighted by Gasteiger charge is -2.55. The van der Waals surface area contributed by atoms with Crippen LogP contribution in [0.15, 0.2) is 12.1 Å². The minimum absolute atomic E-state index is 0.198. The summed E-state index contributed by atoms with van der Waals surface area (Å²) < 4.78 is 11.2. The zero-order chi connectivity index (χ0) is 19.0. The fourth-order valence-electron chi connectivity index (χ4n) is 5.11. The van der Waals surface area contributed by atoms with Crippen LogP contribution in [0.2, 0.25) is 0 Å². The second kappa shape index (κ2) is 7.41. The molecule has 1 aromatic rings. The monoisotopic (exact) mass is 393 g/mol. The molecule has 3 heterocycles. The van der Waals surface area contributed by atoms with Crippen LogP contribution < -0.4 is 5.73 Å². The predicted octanol–water partition coefficient (Wildman–Crippen LogP) is 1.87. The summed E-state index contributed by atoms with van der Waals surface area (Å²) >= 11 is 1.48. The van der Waals surface area contributed by atoms with Gasteiger partial charge in [-0.3, -0.25) is 4.79 Å². The number of rotatable bonds is 6. The van der Waals surface area contributed by atoms with Crippen molar-refractivity contribution in [1.82, 2.24) is 9.80 Å². The number of ether oxygens (including phenoxy) is 2. The number of piperidine rings is 1. The van der Waals surface area contributed by atoms with Gasteiger partial charge in [0.05, 0.1) is 11.4 Å². The summed E-state index contributed by atoms with van der Waals surface area (Å²) in [6.07, 6.45) is 3.23. The van der Waals surface area contributed by atoms with Crippen LogP contribution in [0.1, 0.15) is 33.8 Å². The van der Waals surface area contributed by atoms with E-state index < -0.39 is 0 Å². The van der Waals surface area contributed by atoms with E-state index in [0.717, 1.165) is 37.4 Å². The summed E-state index contributed by atoms with van der Waals surface area (Å²) in [4.78, 5) is 29.2. The Labute approximate surface area is 163 Å². The molecule has 2 bridgehead atoms. The molecule has 0 spiro atoms. The Morgan fingerprint density at radius 3 is 2.63 bits per heavy atom. The van der Waals surface area contributed by atoms with E-state index in [2.05, 4.69) is 4.90 Å². The highest BCUT2D eigenvalue weighted by Gasteiger charge is 2.53. The first kappa shape index (κ1) is 18.7. The van der Waals surface area contributed by atoms with Gasteiger partial charge in [-0.1, -0.05) is 6.42 Å². The van der Waals surface area contributed by atoms with Crippen molar-refractivity contribution in [2.45, 2.75) is 24.9 Å². The Hall–Kier alpha value is -1.64. The predicted molar refractivity (Wildman–Crippen MR) is 102 cm³/mol. The molecule has 2 amide bonds. The highest BCUT2D eigenvalue weighted by atomic mass is 32.1. The fourth-order valence-corrected chi connectivity index (χ4v) is 6.30. The second-order valence-corrected chi connectivity index (χ2v) is 8.79. The lowest BCUT2D eigenvalue weighted by atomic mass is 9.64. The van der Waals surface area contributed by atoms with Crippen molar-refractivity contribution in [3.63, 3.8) is 0 Å². The number of nitrogens with two attached hydrogens (primary N) is 1. The van der Waals surface area contributed by atoms with Gasteiger partial charge in [0.15, 0.2) is 0 Å². The van der Waals surface area contributed by atoms with Crippen molar-refractivity contribution in [2.24, 2.45) is 17.6 Å². The van der Waals surface area contributed by atoms with Crippen molar-refractivity contribution in [3.05, 3.63) is 21.9 Å². The van der Waals surface area contributed by atoms with E-state index in [1.807, 2.05) is 12.1 Å². The van der Waals surface area contributed by atoms with Gasteiger partial charge in [-0.05, 0) is 25.0 Å². The SMILES string of the molecule is COC1(c2ccc(C(N)=O)s2)[C@@H]2CCC[C@H]1CN(CCN1CCOC1=O)C2. The summed E-state index contributed by atoms with van der Waals surface area (Å²) in [5.74, 6) is 0.373. The van der Waals surface area contributed by atoms with E-state index in [-0.39, 0.29) is 17.6 Å². The van der Waals surface area contributed by atoms with Crippen LogP contribution in [0.3, 0.4) is 0 Å². The van der Waals surface area contributed by atoms with Crippen molar-refractivity contribution < 1.29 is 19.1 Å². The number of carbonyl (C=O) groups is 2. The third-order valence-corrected chi connectivity index (χ3v) is 7.61. The first-order valence-corrected chi connectivity index (χ1v) is 10.5. The molecular formula is C19H27N3O4S. The minimum atomic E-state index is -0.377. The molecule has 7 nitrogen and oxygen atoms in total. The Balaban J connectivity index is 1.51. The summed E-state index contributed by atoms with van der Waals surface area (Å²) in [6.45, 7) is 4.64. The number of fused-ring (bicyclic) bond motifs is 2. The maximum Gasteiger partial charge on any atom is 0.409 e. The van der Waals surface area contributed by atoms with Gasteiger partial charge >= 0.3 is 6.09 Å². The van der Waals surface area contributed by atoms with Crippen molar-refractivity contribution in [2.75, 3.05) is 46.4 Å². The first-order valence-electron chi connectivity index (χ1n) is 9.64. The van der Waals surface area contributed by atoms with Crippen LogP contribution in [0.5, 0.6) is 0 Å². The molecule has 1 aliphatic carbocycles. The van der Waals surface area contributed by atoms with E-state index in [0.29, 0.717) is 36.4 Å². The van der Waals surface area contributed by atoms with Gasteiger partial charge in [-0.2, -0.15) is 0 Å². The van der Waals surface area contributed by atoms with Crippen molar-refractivity contribution in [1.29, 1.82) is 0 Å². The molecule has 1 saturated carbocycles. The summed E-state index contributed by atoms with van der Waals surface area (Å²) in [5, 5.41) is 0. The number of hydrogen-bond donors (Lipinski definition) is 1. The van der Waals surface area contributed by atoms with Crippen LogP contribution in [0, 0.1) is 11.8 Å². The number of methoxy groups -OCH3 is 1. The Kier molecular flexibility index (Phi) is 5.13. The van der Waals surface area contributed by atoms with E-state index >= 15 is 0 Å². The molecular weight excluding hydrogens is 366 g/mol. The van der Waals surface area contributed by atoms with Crippen LogP contribution in [-0.2, 0) is 15.1 Å². The summed E-state index contributed by atoms with van der Waals surface area (Å²) in [5.41, 5.74) is 5.14. The number of cyclic esters (lactones) is 1. The maximum absolute atomic E-state index is 11.7. The molecule has 0 aromatic carbocycles. The topological polar surface area (TPSA) is 85.1 Å². The number of hydrogen-bond acceptors (Lipinski definition) is 6. The molecule has 3 atom stereocenters. The van der Waals surface area contributed by atoms with E-state index in [9.17, 15) is 9.59 Å².